The summed E-state index contributed by atoms with van der Waals surface area (Å²) in [4.78, 5) is 2.48. The van der Waals surface area contributed by atoms with Gasteiger partial charge in [-0.3, -0.25) is 0 Å². The van der Waals surface area contributed by atoms with E-state index in [-0.39, 0.29) is 0 Å². The molecule has 0 amide bonds. The van der Waals surface area contributed by atoms with E-state index in [9.17, 15) is 8.42 Å². The van der Waals surface area contributed by atoms with E-state index in [0.717, 1.165) is 24.2 Å². The minimum Gasteiger partial charge on any atom is -0.370 e. The minimum atomic E-state index is -3.46. The SMILES string of the molecule is CCc1ccc(S(=O)(=O)NCCN(CC)c2cccc(C)c2)cc1. The lowest BCUT2D eigenvalue weighted by Crippen LogP contribution is -2.35. The quantitative estimate of drug-likeness (QED) is 0.797. The predicted molar refractivity (Wildman–Crippen MR) is 100 cm³/mol. The Labute approximate surface area is 145 Å². The van der Waals surface area contributed by atoms with E-state index in [1.54, 1.807) is 12.1 Å². The molecule has 0 spiro atoms. The number of nitrogens with one attached hydrogen (secondary N) is 1. The number of rotatable bonds is 8. The summed E-state index contributed by atoms with van der Waals surface area (Å²) in [5, 5.41) is 0. The number of aryl methyl sites for hydroxylation is 2. The van der Waals surface area contributed by atoms with Crippen molar-refractivity contribution in [1.29, 1.82) is 0 Å². The summed E-state index contributed by atoms with van der Waals surface area (Å²) in [6.07, 6.45) is 0.899. The Hall–Kier alpha value is -1.85. The second-order valence-electron chi connectivity index (χ2n) is 5.81. The fourth-order valence-corrected chi connectivity index (χ4v) is 3.62. The van der Waals surface area contributed by atoms with Crippen LogP contribution in [0.4, 0.5) is 5.69 Å². The van der Waals surface area contributed by atoms with Gasteiger partial charge in [0.2, 0.25) is 10.0 Å². The van der Waals surface area contributed by atoms with Crippen molar-refractivity contribution in [2.75, 3.05) is 24.5 Å². The lowest BCUT2D eigenvalue weighted by molar-refractivity contribution is 0.581. The Bertz CT molecular complexity index is 755. The van der Waals surface area contributed by atoms with Crippen LogP contribution in [-0.2, 0) is 16.4 Å². The van der Waals surface area contributed by atoms with Gasteiger partial charge in [-0.05, 0) is 55.7 Å². The van der Waals surface area contributed by atoms with Gasteiger partial charge in [-0.25, -0.2) is 13.1 Å². The van der Waals surface area contributed by atoms with E-state index >= 15 is 0 Å². The van der Waals surface area contributed by atoms with Gasteiger partial charge in [0.25, 0.3) is 0 Å². The molecule has 0 saturated heterocycles. The number of anilines is 1. The first-order valence-corrected chi connectivity index (χ1v) is 9.84. The van der Waals surface area contributed by atoms with Crippen molar-refractivity contribution in [2.24, 2.45) is 0 Å². The molecule has 2 aromatic carbocycles. The summed E-state index contributed by atoms with van der Waals surface area (Å²) in [5.41, 5.74) is 3.44. The molecule has 5 heteroatoms. The normalized spacial score (nSPS) is 11.5. The zero-order chi connectivity index (χ0) is 17.6. The summed E-state index contributed by atoms with van der Waals surface area (Å²) < 4.78 is 27.4. The Balaban J connectivity index is 1.98. The van der Waals surface area contributed by atoms with Gasteiger partial charge in [-0.1, -0.05) is 31.2 Å². The highest BCUT2D eigenvalue weighted by atomic mass is 32.2. The van der Waals surface area contributed by atoms with Crippen molar-refractivity contribution in [1.82, 2.24) is 4.72 Å². The number of nitrogens with zero attached hydrogens (tertiary/aromatic N) is 1. The first kappa shape index (κ1) is 18.5. The van der Waals surface area contributed by atoms with E-state index in [1.165, 1.54) is 5.56 Å². The number of hydrogen-bond donors (Lipinski definition) is 1. The maximum atomic E-state index is 12.4. The summed E-state index contributed by atoms with van der Waals surface area (Å²) in [5.74, 6) is 0. The smallest absolute Gasteiger partial charge is 0.240 e. The van der Waals surface area contributed by atoms with Gasteiger partial charge in [-0.2, -0.15) is 0 Å². The fourth-order valence-electron chi connectivity index (χ4n) is 2.60. The van der Waals surface area contributed by atoms with Crippen molar-refractivity contribution >= 4 is 15.7 Å². The zero-order valence-corrected chi connectivity index (χ0v) is 15.4. The monoisotopic (exact) mass is 346 g/mol. The molecular formula is C19H26N2O2S. The van der Waals surface area contributed by atoms with Crippen LogP contribution in [0.1, 0.15) is 25.0 Å². The van der Waals surface area contributed by atoms with Crippen molar-refractivity contribution < 1.29 is 8.42 Å². The Kier molecular flexibility index (Phi) is 6.40. The van der Waals surface area contributed by atoms with E-state index in [4.69, 9.17) is 0 Å². The second kappa shape index (κ2) is 8.31. The van der Waals surface area contributed by atoms with Gasteiger partial charge in [-0.15, -0.1) is 0 Å². The molecule has 24 heavy (non-hydrogen) atoms. The summed E-state index contributed by atoms with van der Waals surface area (Å²) >= 11 is 0. The van der Waals surface area contributed by atoms with Gasteiger partial charge >= 0.3 is 0 Å². The molecule has 0 aliphatic rings. The second-order valence-corrected chi connectivity index (χ2v) is 7.58. The lowest BCUT2D eigenvalue weighted by atomic mass is 10.2. The third-order valence-corrected chi connectivity index (χ3v) is 5.54. The largest absolute Gasteiger partial charge is 0.370 e. The van der Waals surface area contributed by atoms with Gasteiger partial charge in [0, 0.05) is 25.3 Å². The highest BCUT2D eigenvalue weighted by molar-refractivity contribution is 7.89. The number of sulfonamides is 1. The van der Waals surface area contributed by atoms with Crippen molar-refractivity contribution in [3.05, 3.63) is 59.7 Å². The number of benzene rings is 2. The molecule has 0 heterocycles. The third-order valence-electron chi connectivity index (χ3n) is 4.06. The summed E-state index contributed by atoms with van der Waals surface area (Å²) in [6, 6.07) is 15.3. The van der Waals surface area contributed by atoms with Gasteiger partial charge in [0.15, 0.2) is 0 Å². The van der Waals surface area contributed by atoms with Gasteiger partial charge in [0.1, 0.15) is 0 Å². The number of likely N-dealkylation sites (N-methyl/N-ethyl adjacent to an activating group) is 1. The molecule has 0 bridgehead atoms. The minimum absolute atomic E-state index is 0.318. The van der Waals surface area contributed by atoms with Crippen LogP contribution in [0.2, 0.25) is 0 Å². The molecule has 0 aromatic heterocycles. The Morgan fingerprint density at radius 3 is 2.33 bits per heavy atom. The van der Waals surface area contributed by atoms with Crippen molar-refractivity contribution in [3.8, 4) is 0 Å². The van der Waals surface area contributed by atoms with Crippen molar-refractivity contribution in [3.63, 3.8) is 0 Å². The highest BCUT2D eigenvalue weighted by Crippen LogP contribution is 2.15. The van der Waals surface area contributed by atoms with E-state index in [2.05, 4.69) is 41.7 Å². The van der Waals surface area contributed by atoms with Crippen LogP contribution in [0, 0.1) is 6.92 Å². The van der Waals surface area contributed by atoms with Crippen molar-refractivity contribution in [2.45, 2.75) is 32.1 Å². The molecule has 0 aliphatic heterocycles. The first-order valence-electron chi connectivity index (χ1n) is 8.36. The van der Waals surface area contributed by atoms with Crippen LogP contribution >= 0.6 is 0 Å². The summed E-state index contributed by atoms with van der Waals surface area (Å²) in [6.45, 7) is 8.01. The third kappa shape index (κ3) is 4.82. The highest BCUT2D eigenvalue weighted by Gasteiger charge is 2.14. The molecule has 0 atom stereocenters. The van der Waals surface area contributed by atoms with Crippen LogP contribution in [0.25, 0.3) is 0 Å². The zero-order valence-electron chi connectivity index (χ0n) is 14.6. The molecule has 0 fully saturated rings. The average Bonchev–Trinajstić information content (AvgIpc) is 2.58. The van der Waals surface area contributed by atoms with Crippen LogP contribution in [0.15, 0.2) is 53.4 Å². The standard InChI is InChI=1S/C19H26N2O2S/c1-4-17-9-11-19(12-10-17)24(22,23)20-13-14-21(5-2)18-8-6-7-16(3)15-18/h6-12,15,20H,4-5,13-14H2,1-3H3. The van der Waals surface area contributed by atoms with Gasteiger partial charge in [0.05, 0.1) is 4.90 Å². The molecule has 0 aliphatic carbocycles. The summed E-state index contributed by atoms with van der Waals surface area (Å²) in [7, 11) is -3.46. The first-order chi connectivity index (χ1) is 11.5. The van der Waals surface area contributed by atoms with E-state index in [1.807, 2.05) is 25.1 Å². The maximum absolute atomic E-state index is 12.4. The van der Waals surface area contributed by atoms with E-state index in [0.29, 0.717) is 18.0 Å². The predicted octanol–water partition coefficient (Wildman–Crippen LogP) is 3.36. The Morgan fingerprint density at radius 2 is 1.75 bits per heavy atom. The van der Waals surface area contributed by atoms with Crippen LogP contribution in [0.3, 0.4) is 0 Å². The van der Waals surface area contributed by atoms with Crippen LogP contribution in [0.5, 0.6) is 0 Å². The molecule has 0 unspecified atom stereocenters. The molecule has 1 N–H and O–H groups in total. The molecular weight excluding hydrogens is 320 g/mol. The fraction of sp³-hybridized carbons (Fsp3) is 0.368. The average molecular weight is 346 g/mol. The van der Waals surface area contributed by atoms with Crippen LogP contribution in [-0.4, -0.2) is 28.1 Å². The molecule has 4 nitrogen and oxygen atoms in total. The molecule has 2 aromatic rings. The molecule has 2 rings (SSSR count). The topological polar surface area (TPSA) is 49.4 Å². The number of hydrogen-bond acceptors (Lipinski definition) is 3. The maximum Gasteiger partial charge on any atom is 0.240 e. The Morgan fingerprint density at radius 1 is 1.04 bits per heavy atom. The lowest BCUT2D eigenvalue weighted by Gasteiger charge is -2.23. The van der Waals surface area contributed by atoms with Crippen LogP contribution < -0.4 is 9.62 Å². The van der Waals surface area contributed by atoms with E-state index < -0.39 is 10.0 Å². The molecule has 130 valence electrons. The van der Waals surface area contributed by atoms with Gasteiger partial charge < -0.3 is 4.90 Å². The molecule has 0 saturated carbocycles. The molecule has 0 radical (unpaired) electrons.